The van der Waals surface area contributed by atoms with Gasteiger partial charge in [0.15, 0.2) is 0 Å². The predicted molar refractivity (Wildman–Crippen MR) is 95.6 cm³/mol. The zero-order valence-electron chi connectivity index (χ0n) is 12.5. The van der Waals surface area contributed by atoms with Crippen LogP contribution in [0.4, 0.5) is 0 Å². The fourth-order valence-corrected chi connectivity index (χ4v) is 3.50. The van der Waals surface area contributed by atoms with Crippen LogP contribution in [0.2, 0.25) is 0 Å². The van der Waals surface area contributed by atoms with E-state index in [9.17, 15) is 5.26 Å². The quantitative estimate of drug-likeness (QED) is 0.523. The lowest BCUT2D eigenvalue weighted by molar-refractivity contribution is 0.868. The fourth-order valence-electron chi connectivity index (χ4n) is 3.15. The molecule has 0 amide bonds. The van der Waals surface area contributed by atoms with Crippen LogP contribution >= 0.6 is 12.6 Å². The predicted octanol–water partition coefficient (Wildman–Crippen LogP) is 4.55. The second-order valence-electron chi connectivity index (χ2n) is 5.47. The van der Waals surface area contributed by atoms with Gasteiger partial charge in [0.25, 0.3) is 0 Å². The van der Waals surface area contributed by atoms with Crippen LogP contribution < -0.4 is 0 Å². The van der Waals surface area contributed by atoms with E-state index in [1.807, 2.05) is 55.7 Å². The van der Waals surface area contributed by atoms with Crippen LogP contribution in [0.1, 0.15) is 5.56 Å². The highest BCUT2D eigenvalue weighted by Crippen LogP contribution is 2.40. The Balaban J connectivity index is 2.17. The molecule has 23 heavy (non-hydrogen) atoms. The van der Waals surface area contributed by atoms with Gasteiger partial charge in [-0.05, 0) is 23.1 Å². The van der Waals surface area contributed by atoms with Crippen LogP contribution in [0.3, 0.4) is 0 Å². The number of benzene rings is 2. The smallest absolute Gasteiger partial charge is 0.0998 e. The summed E-state index contributed by atoms with van der Waals surface area (Å²) in [5, 5.41) is 13.3. The molecule has 0 aliphatic carbocycles. The van der Waals surface area contributed by atoms with Crippen molar-refractivity contribution < 1.29 is 0 Å². The van der Waals surface area contributed by atoms with Crippen LogP contribution in [0.15, 0.2) is 59.9 Å². The first-order valence-corrected chi connectivity index (χ1v) is 7.70. The molecule has 0 aliphatic heterocycles. The molecular formula is C19H13N3S. The summed E-state index contributed by atoms with van der Waals surface area (Å²) in [7, 11) is 2.00. The van der Waals surface area contributed by atoms with Gasteiger partial charge in [0.05, 0.1) is 22.2 Å². The zero-order chi connectivity index (χ0) is 16.0. The van der Waals surface area contributed by atoms with Gasteiger partial charge < -0.3 is 4.57 Å². The van der Waals surface area contributed by atoms with E-state index in [0.29, 0.717) is 5.56 Å². The number of thiol groups is 1. The highest BCUT2D eigenvalue weighted by Gasteiger charge is 2.17. The Morgan fingerprint density at radius 2 is 1.83 bits per heavy atom. The number of hydrogen-bond acceptors (Lipinski definition) is 3. The Kier molecular flexibility index (Phi) is 3.10. The Bertz CT molecular complexity index is 1100. The lowest BCUT2D eigenvalue weighted by Crippen LogP contribution is -1.88. The zero-order valence-corrected chi connectivity index (χ0v) is 13.4. The summed E-state index contributed by atoms with van der Waals surface area (Å²) in [5.41, 5.74) is 3.90. The molecule has 110 valence electrons. The molecule has 0 N–H and O–H groups in total. The Hall–Kier alpha value is -2.77. The molecule has 0 bridgehead atoms. The van der Waals surface area contributed by atoms with E-state index < -0.39 is 0 Å². The minimum Gasteiger partial charge on any atom is -0.338 e. The Labute approximate surface area is 139 Å². The molecule has 2 aromatic carbocycles. The van der Waals surface area contributed by atoms with Crippen molar-refractivity contribution >= 4 is 34.3 Å². The topological polar surface area (TPSA) is 41.6 Å². The fraction of sp³-hybridized carbons (Fsp3) is 0.0526. The molecule has 0 unspecified atom stereocenters. The van der Waals surface area contributed by atoms with Gasteiger partial charge in [-0.1, -0.05) is 30.3 Å². The number of pyridine rings is 1. The average Bonchev–Trinajstić information content (AvgIpc) is 2.85. The molecule has 0 atom stereocenters. The van der Waals surface area contributed by atoms with Crippen molar-refractivity contribution in [2.75, 3.05) is 0 Å². The van der Waals surface area contributed by atoms with E-state index in [4.69, 9.17) is 12.6 Å². The van der Waals surface area contributed by atoms with Gasteiger partial charge in [-0.3, -0.25) is 4.98 Å². The normalized spacial score (nSPS) is 11.0. The largest absolute Gasteiger partial charge is 0.338 e. The maximum atomic E-state index is 9.35. The number of aromatic nitrogens is 2. The lowest BCUT2D eigenvalue weighted by Gasteiger charge is -2.08. The molecule has 0 saturated heterocycles. The molecule has 4 aromatic rings. The third-order valence-electron chi connectivity index (χ3n) is 4.28. The van der Waals surface area contributed by atoms with Gasteiger partial charge in [0.2, 0.25) is 0 Å². The highest BCUT2D eigenvalue weighted by atomic mass is 32.1. The molecule has 4 heteroatoms. The molecule has 2 heterocycles. The second-order valence-corrected chi connectivity index (χ2v) is 5.89. The van der Waals surface area contributed by atoms with Crippen molar-refractivity contribution in [1.29, 1.82) is 5.26 Å². The maximum Gasteiger partial charge on any atom is 0.0998 e. The van der Waals surface area contributed by atoms with E-state index >= 15 is 0 Å². The van der Waals surface area contributed by atoms with E-state index in [-0.39, 0.29) is 0 Å². The molecule has 0 fully saturated rings. The summed E-state index contributed by atoms with van der Waals surface area (Å²) in [4.78, 5) is 4.27. The van der Waals surface area contributed by atoms with Crippen LogP contribution in [-0.2, 0) is 7.05 Å². The standard InChI is InChI=1S/C19H13N3S/c1-22-17-8-9-21-11-16(17)18(19(22)23)15-7-6-12(10-20)13-4-2-3-5-14(13)15/h2-9,11,23H,1H3. The second kappa shape index (κ2) is 5.15. The van der Waals surface area contributed by atoms with E-state index in [1.54, 1.807) is 6.20 Å². The maximum absolute atomic E-state index is 9.35. The van der Waals surface area contributed by atoms with Crippen LogP contribution in [0.25, 0.3) is 32.8 Å². The van der Waals surface area contributed by atoms with E-state index in [0.717, 1.165) is 37.8 Å². The first kappa shape index (κ1) is 13.9. The van der Waals surface area contributed by atoms with Gasteiger partial charge in [0, 0.05) is 35.8 Å². The van der Waals surface area contributed by atoms with E-state index in [1.165, 1.54) is 0 Å². The molecule has 2 aromatic heterocycles. The summed E-state index contributed by atoms with van der Waals surface area (Å²) in [6.45, 7) is 0. The van der Waals surface area contributed by atoms with Crippen molar-refractivity contribution in [2.24, 2.45) is 7.05 Å². The first-order chi connectivity index (χ1) is 11.2. The van der Waals surface area contributed by atoms with Gasteiger partial charge in [0.1, 0.15) is 0 Å². The summed E-state index contributed by atoms with van der Waals surface area (Å²) >= 11 is 4.73. The Morgan fingerprint density at radius 3 is 2.61 bits per heavy atom. The molecule has 0 aliphatic rings. The van der Waals surface area contributed by atoms with Gasteiger partial charge in [-0.15, -0.1) is 12.6 Å². The molecule has 0 spiro atoms. The molecule has 3 nitrogen and oxygen atoms in total. The molecular weight excluding hydrogens is 302 g/mol. The van der Waals surface area contributed by atoms with Crippen molar-refractivity contribution in [3.05, 3.63) is 60.4 Å². The minimum atomic E-state index is 0.684. The monoisotopic (exact) mass is 315 g/mol. The first-order valence-electron chi connectivity index (χ1n) is 7.26. The van der Waals surface area contributed by atoms with E-state index in [2.05, 4.69) is 15.6 Å². The van der Waals surface area contributed by atoms with Gasteiger partial charge in [-0.2, -0.15) is 5.26 Å². The SMILES string of the molecule is Cn1c(S)c(-c2ccc(C#N)c3ccccc23)c2cnccc21. The number of rotatable bonds is 1. The molecule has 0 saturated carbocycles. The number of nitriles is 1. The molecule has 4 rings (SSSR count). The van der Waals surface area contributed by atoms with Crippen molar-refractivity contribution in [2.45, 2.75) is 5.03 Å². The van der Waals surface area contributed by atoms with Crippen molar-refractivity contribution in [3.63, 3.8) is 0 Å². The summed E-state index contributed by atoms with van der Waals surface area (Å²) in [6.07, 6.45) is 3.66. The van der Waals surface area contributed by atoms with Gasteiger partial charge >= 0.3 is 0 Å². The van der Waals surface area contributed by atoms with Crippen molar-refractivity contribution in [3.8, 4) is 17.2 Å². The third-order valence-corrected chi connectivity index (χ3v) is 4.81. The minimum absolute atomic E-state index is 0.684. The third kappa shape index (κ3) is 1.94. The van der Waals surface area contributed by atoms with Crippen molar-refractivity contribution in [1.82, 2.24) is 9.55 Å². The summed E-state index contributed by atoms with van der Waals surface area (Å²) in [5.74, 6) is 0. The number of aryl methyl sites for hydroxylation is 1. The number of fused-ring (bicyclic) bond motifs is 2. The Morgan fingerprint density at radius 1 is 1.04 bits per heavy atom. The van der Waals surface area contributed by atoms with Crippen LogP contribution in [-0.4, -0.2) is 9.55 Å². The number of hydrogen-bond donors (Lipinski definition) is 1. The molecule has 0 radical (unpaired) electrons. The number of nitrogens with zero attached hydrogens (tertiary/aromatic N) is 3. The summed E-state index contributed by atoms with van der Waals surface area (Å²) < 4.78 is 2.06. The van der Waals surface area contributed by atoms with Crippen LogP contribution in [0, 0.1) is 11.3 Å². The highest BCUT2D eigenvalue weighted by molar-refractivity contribution is 7.80. The average molecular weight is 315 g/mol. The van der Waals surface area contributed by atoms with Gasteiger partial charge in [-0.25, -0.2) is 0 Å². The summed E-state index contributed by atoms with van der Waals surface area (Å²) in [6, 6.07) is 16.1. The van der Waals surface area contributed by atoms with Crippen LogP contribution in [0.5, 0.6) is 0 Å². The lowest BCUT2D eigenvalue weighted by atomic mass is 9.95.